The van der Waals surface area contributed by atoms with E-state index >= 15 is 0 Å². The van der Waals surface area contributed by atoms with Crippen molar-refractivity contribution in [1.29, 1.82) is 0 Å². The van der Waals surface area contributed by atoms with Crippen LogP contribution in [0.15, 0.2) is 23.6 Å². The fraction of sp³-hybridized carbons (Fsp3) is 0.429. The van der Waals surface area contributed by atoms with Gasteiger partial charge in [0.1, 0.15) is 5.83 Å². The molecule has 68 valence electrons. The summed E-state index contributed by atoms with van der Waals surface area (Å²) in [5.41, 5.74) is 0. The van der Waals surface area contributed by atoms with Crippen LogP contribution >= 0.6 is 0 Å². The summed E-state index contributed by atoms with van der Waals surface area (Å²) in [4.78, 5) is 0. The van der Waals surface area contributed by atoms with Gasteiger partial charge in [-0.15, -0.1) is 0 Å². The number of rotatable bonds is 0. The van der Waals surface area contributed by atoms with Crippen LogP contribution in [0.3, 0.4) is 0 Å². The van der Waals surface area contributed by atoms with Gasteiger partial charge in [0.05, 0.1) is 5.92 Å². The first-order valence-corrected chi connectivity index (χ1v) is 3.18. The summed E-state index contributed by atoms with van der Waals surface area (Å²) < 4.78 is 62.0. The molecule has 0 aromatic heterocycles. The molecule has 5 heteroatoms. The predicted molar refractivity (Wildman–Crippen MR) is 32.5 cm³/mol. The first-order chi connectivity index (χ1) is 5.36. The second-order valence-electron chi connectivity index (χ2n) is 2.55. The molecule has 1 unspecified atom stereocenters. The molecule has 0 saturated heterocycles. The largest absolute Gasteiger partial charge is 0.278 e. The minimum Gasteiger partial charge on any atom is -0.208 e. The Labute approximate surface area is 65.4 Å². The molecular weight excluding hydrogens is 179 g/mol. The Balaban J connectivity index is 3.15. The van der Waals surface area contributed by atoms with Gasteiger partial charge in [0.2, 0.25) is 0 Å². The van der Waals surface area contributed by atoms with Crippen molar-refractivity contribution in [3.63, 3.8) is 0 Å². The fourth-order valence-electron chi connectivity index (χ4n) is 0.830. The van der Waals surface area contributed by atoms with Gasteiger partial charge in [0.25, 0.3) is 5.92 Å². The first-order valence-electron chi connectivity index (χ1n) is 3.18. The highest BCUT2D eigenvalue weighted by atomic mass is 19.3. The normalized spacial score (nSPS) is 28.8. The van der Waals surface area contributed by atoms with Gasteiger partial charge >= 0.3 is 0 Å². The summed E-state index contributed by atoms with van der Waals surface area (Å²) in [6, 6.07) is 0. The Morgan fingerprint density at radius 1 is 1.25 bits per heavy atom. The lowest BCUT2D eigenvalue weighted by Gasteiger charge is -2.22. The van der Waals surface area contributed by atoms with E-state index in [0.717, 1.165) is 6.92 Å². The van der Waals surface area contributed by atoms with Gasteiger partial charge in [-0.2, -0.15) is 0 Å². The molecular formula is C7H5F5. The zero-order chi connectivity index (χ0) is 9.52. The molecule has 12 heavy (non-hydrogen) atoms. The summed E-state index contributed by atoms with van der Waals surface area (Å²) in [7, 11) is 0. The fourth-order valence-corrected chi connectivity index (χ4v) is 0.830. The van der Waals surface area contributed by atoms with E-state index in [9.17, 15) is 22.0 Å². The van der Waals surface area contributed by atoms with Crippen LogP contribution in [0.5, 0.6) is 0 Å². The molecule has 1 atom stereocenters. The average molecular weight is 184 g/mol. The van der Waals surface area contributed by atoms with Crippen molar-refractivity contribution in [2.45, 2.75) is 12.8 Å². The van der Waals surface area contributed by atoms with E-state index in [1.54, 1.807) is 0 Å². The van der Waals surface area contributed by atoms with Gasteiger partial charge in [-0.25, -0.2) is 22.0 Å². The Hall–Kier alpha value is -0.870. The minimum absolute atomic E-state index is 0.212. The highest BCUT2D eigenvalue weighted by Crippen LogP contribution is 2.41. The lowest BCUT2D eigenvalue weighted by molar-refractivity contribution is -0.00191. The Morgan fingerprint density at radius 2 is 1.75 bits per heavy atom. The second-order valence-corrected chi connectivity index (χ2v) is 2.55. The van der Waals surface area contributed by atoms with Crippen molar-refractivity contribution in [1.82, 2.24) is 0 Å². The molecule has 0 fully saturated rings. The molecule has 0 nitrogen and oxygen atoms in total. The molecule has 0 amide bonds. The molecule has 1 rings (SSSR count). The maximum absolute atomic E-state index is 12.5. The van der Waals surface area contributed by atoms with Crippen LogP contribution in [0.25, 0.3) is 0 Å². The second kappa shape index (κ2) is 2.57. The van der Waals surface area contributed by atoms with Crippen molar-refractivity contribution in [2.24, 2.45) is 5.92 Å². The Morgan fingerprint density at radius 3 is 2.25 bits per heavy atom. The summed E-state index contributed by atoms with van der Waals surface area (Å²) in [6.07, 6.45) is -0.212. The molecule has 0 aromatic carbocycles. The van der Waals surface area contributed by atoms with Crippen molar-refractivity contribution < 1.29 is 22.0 Å². The van der Waals surface area contributed by atoms with E-state index in [1.807, 2.05) is 0 Å². The molecule has 1 aliphatic carbocycles. The zero-order valence-electron chi connectivity index (χ0n) is 6.04. The highest BCUT2D eigenvalue weighted by molar-refractivity contribution is 5.31. The minimum atomic E-state index is -3.65. The predicted octanol–water partition coefficient (Wildman–Crippen LogP) is 3.28. The van der Waals surface area contributed by atoms with Gasteiger partial charge in [-0.1, -0.05) is 0 Å². The standard InChI is InChI=1S/C7H5F5/c1-3-5(9)6(10)4(8)2-7(3,11)12/h2-3H,1H3. The van der Waals surface area contributed by atoms with Crippen LogP contribution in [0.2, 0.25) is 0 Å². The van der Waals surface area contributed by atoms with Crippen LogP contribution < -0.4 is 0 Å². The van der Waals surface area contributed by atoms with E-state index in [0.29, 0.717) is 0 Å². The van der Waals surface area contributed by atoms with Crippen LogP contribution in [0.1, 0.15) is 6.92 Å². The quantitative estimate of drug-likeness (QED) is 0.507. The van der Waals surface area contributed by atoms with E-state index in [2.05, 4.69) is 0 Å². The third kappa shape index (κ3) is 1.23. The lowest BCUT2D eigenvalue weighted by Crippen LogP contribution is -2.27. The number of allylic oxidation sites excluding steroid dienone is 4. The monoisotopic (exact) mass is 184 g/mol. The molecule has 0 aliphatic heterocycles. The summed E-state index contributed by atoms with van der Waals surface area (Å²) >= 11 is 0. The van der Waals surface area contributed by atoms with Crippen molar-refractivity contribution in [2.75, 3.05) is 0 Å². The summed E-state index contributed by atoms with van der Waals surface area (Å²) in [5, 5.41) is 0. The van der Waals surface area contributed by atoms with E-state index in [-0.39, 0.29) is 6.08 Å². The molecule has 0 saturated carbocycles. The Kier molecular flexibility index (Phi) is 1.97. The molecule has 0 bridgehead atoms. The zero-order valence-corrected chi connectivity index (χ0v) is 6.04. The third-order valence-electron chi connectivity index (χ3n) is 1.70. The van der Waals surface area contributed by atoms with Crippen LogP contribution in [-0.4, -0.2) is 5.92 Å². The Bertz CT molecular complexity index is 263. The molecule has 0 heterocycles. The van der Waals surface area contributed by atoms with Crippen LogP contribution in [0, 0.1) is 5.92 Å². The van der Waals surface area contributed by atoms with Crippen molar-refractivity contribution in [3.8, 4) is 0 Å². The van der Waals surface area contributed by atoms with Crippen molar-refractivity contribution >= 4 is 0 Å². The third-order valence-corrected chi connectivity index (χ3v) is 1.70. The van der Waals surface area contributed by atoms with Crippen LogP contribution in [0.4, 0.5) is 22.0 Å². The van der Waals surface area contributed by atoms with E-state index < -0.39 is 29.3 Å². The first kappa shape index (κ1) is 9.22. The topological polar surface area (TPSA) is 0 Å². The van der Waals surface area contributed by atoms with Gasteiger partial charge in [-0.05, 0) is 6.92 Å². The molecule has 0 N–H and O–H groups in total. The van der Waals surface area contributed by atoms with Crippen LogP contribution in [-0.2, 0) is 0 Å². The lowest BCUT2D eigenvalue weighted by atomic mass is 9.96. The maximum atomic E-state index is 12.5. The molecule has 1 aliphatic rings. The molecule has 0 aromatic rings. The summed E-state index contributed by atoms with van der Waals surface area (Å²) in [5.74, 6) is -11.0. The smallest absolute Gasteiger partial charge is 0.208 e. The number of halogens is 5. The number of hydrogen-bond donors (Lipinski definition) is 0. The van der Waals surface area contributed by atoms with Gasteiger partial charge in [0.15, 0.2) is 11.7 Å². The number of alkyl halides is 2. The number of hydrogen-bond acceptors (Lipinski definition) is 0. The van der Waals surface area contributed by atoms with Gasteiger partial charge < -0.3 is 0 Å². The molecule has 0 radical (unpaired) electrons. The van der Waals surface area contributed by atoms with Crippen molar-refractivity contribution in [3.05, 3.63) is 23.6 Å². The molecule has 0 spiro atoms. The van der Waals surface area contributed by atoms with Gasteiger partial charge in [0, 0.05) is 6.08 Å². The average Bonchev–Trinajstić information content (AvgIpc) is 1.97. The summed E-state index contributed by atoms with van der Waals surface area (Å²) in [6.45, 7) is 0.790. The van der Waals surface area contributed by atoms with Gasteiger partial charge in [-0.3, -0.25) is 0 Å². The van der Waals surface area contributed by atoms with E-state index in [4.69, 9.17) is 0 Å². The highest BCUT2D eigenvalue weighted by Gasteiger charge is 2.43. The SMILES string of the molecule is CC1C(F)=C(F)C(F)=CC1(F)F. The maximum Gasteiger partial charge on any atom is 0.278 e. The van der Waals surface area contributed by atoms with E-state index in [1.165, 1.54) is 0 Å².